The van der Waals surface area contributed by atoms with E-state index in [1.54, 1.807) is 31.4 Å². The summed E-state index contributed by atoms with van der Waals surface area (Å²) in [5.74, 6) is 1.99. The van der Waals surface area contributed by atoms with E-state index in [1.165, 1.54) is 0 Å². The second kappa shape index (κ2) is 10.1. The van der Waals surface area contributed by atoms with Gasteiger partial charge in [-0.15, -0.1) is 0 Å². The normalized spacial score (nSPS) is 10.4. The van der Waals surface area contributed by atoms with Crippen LogP contribution < -0.4 is 19.5 Å². The van der Waals surface area contributed by atoms with E-state index in [1.807, 2.05) is 25.1 Å². The number of aromatic nitrogens is 2. The summed E-state index contributed by atoms with van der Waals surface area (Å²) >= 11 is 6.91. The average molecular weight is 434 g/mol. The lowest BCUT2D eigenvalue weighted by atomic mass is 10.2. The number of nitrogens with zero attached hydrogens (tertiary/aromatic N) is 2. The monoisotopic (exact) mass is 433 g/mol. The minimum absolute atomic E-state index is 0.145. The number of hydrogen-bond acceptors (Lipinski definition) is 7. The molecule has 0 fully saturated rings. The second-order valence-corrected chi connectivity index (χ2v) is 7.12. The van der Waals surface area contributed by atoms with Crippen LogP contribution in [0.2, 0.25) is 5.02 Å². The van der Waals surface area contributed by atoms with Crippen LogP contribution in [0, 0.1) is 0 Å². The topological polar surface area (TPSA) is 82.6 Å². The largest absolute Gasteiger partial charge is 0.493 e. The van der Waals surface area contributed by atoms with Gasteiger partial charge in [-0.1, -0.05) is 18.5 Å². The fourth-order valence-corrected chi connectivity index (χ4v) is 3.10. The maximum Gasteiger partial charge on any atom is 0.264 e. The van der Waals surface area contributed by atoms with Crippen molar-refractivity contribution in [2.24, 2.45) is 0 Å². The lowest BCUT2D eigenvalue weighted by Crippen LogP contribution is -2.20. The zero-order valence-electron chi connectivity index (χ0n) is 16.0. The van der Waals surface area contributed by atoms with E-state index in [2.05, 4.69) is 14.7 Å². The van der Waals surface area contributed by atoms with Gasteiger partial charge in [-0.25, -0.2) is 0 Å². The Bertz CT molecular complexity index is 963. The molecule has 1 heterocycles. The van der Waals surface area contributed by atoms with Gasteiger partial charge in [0.1, 0.15) is 5.75 Å². The number of rotatable bonds is 9. The van der Waals surface area contributed by atoms with Gasteiger partial charge in [0.25, 0.3) is 5.91 Å². The van der Waals surface area contributed by atoms with Gasteiger partial charge >= 0.3 is 0 Å². The lowest BCUT2D eigenvalue weighted by molar-refractivity contribution is -0.118. The third kappa shape index (κ3) is 5.82. The third-order valence-corrected chi connectivity index (χ3v) is 4.62. The molecule has 1 aromatic heterocycles. The maximum absolute atomic E-state index is 12.1. The molecule has 9 heteroatoms. The van der Waals surface area contributed by atoms with Crippen molar-refractivity contribution in [2.45, 2.75) is 13.3 Å². The Morgan fingerprint density at radius 2 is 1.93 bits per heavy atom. The Hall–Kier alpha value is -2.84. The first kappa shape index (κ1) is 20.9. The summed E-state index contributed by atoms with van der Waals surface area (Å²) in [5.41, 5.74) is 0.764. The van der Waals surface area contributed by atoms with Crippen molar-refractivity contribution >= 4 is 34.2 Å². The molecule has 0 aliphatic carbocycles. The van der Waals surface area contributed by atoms with E-state index in [9.17, 15) is 4.79 Å². The van der Waals surface area contributed by atoms with Gasteiger partial charge in [0.15, 0.2) is 23.9 Å². The molecule has 3 rings (SSSR count). The first-order chi connectivity index (χ1) is 14.1. The molecule has 1 amide bonds. The molecule has 152 valence electrons. The summed E-state index contributed by atoms with van der Waals surface area (Å²) in [6.07, 6.45) is 0.906. The SMILES string of the molecule is CCCOc1ccc(-c2nsc(NC(=O)COc3ccc(Cl)cc3)n2)cc1OC. The summed E-state index contributed by atoms with van der Waals surface area (Å²) < 4.78 is 20.8. The Balaban J connectivity index is 1.61. The Kier molecular flexibility index (Phi) is 7.26. The van der Waals surface area contributed by atoms with Gasteiger partial charge in [0, 0.05) is 22.1 Å². The van der Waals surface area contributed by atoms with Gasteiger partial charge < -0.3 is 14.2 Å². The van der Waals surface area contributed by atoms with E-state index in [-0.39, 0.29) is 12.5 Å². The highest BCUT2D eigenvalue weighted by molar-refractivity contribution is 7.10. The van der Waals surface area contributed by atoms with Crippen LogP contribution >= 0.6 is 23.1 Å². The standard InChI is InChI=1S/C20H20ClN3O4S/c1-3-10-27-16-9-4-13(11-17(16)26-2)19-23-20(29-24-19)22-18(25)12-28-15-7-5-14(21)6-8-15/h4-9,11H,3,10,12H2,1-2H3,(H,22,23,24,25). The number of methoxy groups -OCH3 is 1. The van der Waals surface area contributed by atoms with Crippen molar-refractivity contribution in [3.63, 3.8) is 0 Å². The number of nitrogens with one attached hydrogen (secondary N) is 1. The molecule has 0 unspecified atom stereocenters. The van der Waals surface area contributed by atoms with Crippen LogP contribution in [-0.4, -0.2) is 35.6 Å². The lowest BCUT2D eigenvalue weighted by Gasteiger charge is -2.10. The van der Waals surface area contributed by atoms with E-state index < -0.39 is 0 Å². The number of amides is 1. The quantitative estimate of drug-likeness (QED) is 0.527. The summed E-state index contributed by atoms with van der Waals surface area (Å²) in [6, 6.07) is 12.3. The Morgan fingerprint density at radius 3 is 2.66 bits per heavy atom. The molecule has 0 spiro atoms. The predicted octanol–water partition coefficient (Wildman–Crippen LogP) is 4.67. The second-order valence-electron chi connectivity index (χ2n) is 5.93. The van der Waals surface area contributed by atoms with Crippen molar-refractivity contribution in [1.82, 2.24) is 9.36 Å². The first-order valence-corrected chi connectivity index (χ1v) is 10.1. The van der Waals surface area contributed by atoms with Crippen molar-refractivity contribution < 1.29 is 19.0 Å². The molecule has 0 atom stereocenters. The van der Waals surface area contributed by atoms with Crippen LogP contribution in [0.15, 0.2) is 42.5 Å². The molecule has 2 aromatic carbocycles. The van der Waals surface area contributed by atoms with E-state index in [0.717, 1.165) is 23.5 Å². The Labute approximate surface area is 177 Å². The molecule has 0 saturated carbocycles. The van der Waals surface area contributed by atoms with Crippen molar-refractivity contribution in [3.05, 3.63) is 47.5 Å². The highest BCUT2D eigenvalue weighted by Gasteiger charge is 2.13. The molecule has 0 aliphatic rings. The van der Waals surface area contributed by atoms with E-state index in [0.29, 0.717) is 39.8 Å². The number of halogens is 1. The molecule has 0 saturated heterocycles. The summed E-state index contributed by atoms with van der Waals surface area (Å²) in [4.78, 5) is 16.4. The molecule has 0 bridgehead atoms. The first-order valence-electron chi connectivity index (χ1n) is 8.92. The molecular formula is C20H20ClN3O4S. The zero-order valence-corrected chi connectivity index (χ0v) is 17.5. The van der Waals surface area contributed by atoms with E-state index in [4.69, 9.17) is 25.8 Å². The summed E-state index contributed by atoms with van der Waals surface area (Å²) in [5, 5.41) is 3.67. The van der Waals surface area contributed by atoms with Crippen LogP contribution in [0.25, 0.3) is 11.4 Å². The average Bonchev–Trinajstić information content (AvgIpc) is 3.20. The summed E-state index contributed by atoms with van der Waals surface area (Å²) in [6.45, 7) is 2.50. The van der Waals surface area contributed by atoms with Crippen LogP contribution in [0.3, 0.4) is 0 Å². The number of hydrogen-bond donors (Lipinski definition) is 1. The fraction of sp³-hybridized carbons (Fsp3) is 0.250. The van der Waals surface area contributed by atoms with Crippen LogP contribution in [0.5, 0.6) is 17.2 Å². The minimum atomic E-state index is -0.330. The highest BCUT2D eigenvalue weighted by Crippen LogP contribution is 2.32. The van der Waals surface area contributed by atoms with Gasteiger partial charge in [0.2, 0.25) is 5.13 Å². The van der Waals surface area contributed by atoms with Gasteiger partial charge in [-0.05, 0) is 48.9 Å². The van der Waals surface area contributed by atoms with Crippen LogP contribution in [0.4, 0.5) is 5.13 Å². The number of carbonyl (C=O) groups is 1. The molecule has 29 heavy (non-hydrogen) atoms. The molecule has 0 radical (unpaired) electrons. The zero-order chi connectivity index (χ0) is 20.6. The third-order valence-electron chi connectivity index (χ3n) is 3.74. The molecule has 1 N–H and O–H groups in total. The van der Waals surface area contributed by atoms with Gasteiger partial charge in [-0.3, -0.25) is 10.1 Å². The fourth-order valence-electron chi connectivity index (χ4n) is 2.36. The molecule has 7 nitrogen and oxygen atoms in total. The summed E-state index contributed by atoms with van der Waals surface area (Å²) in [7, 11) is 1.58. The number of anilines is 1. The Morgan fingerprint density at radius 1 is 1.14 bits per heavy atom. The molecule has 3 aromatic rings. The number of ether oxygens (including phenoxy) is 3. The smallest absolute Gasteiger partial charge is 0.264 e. The van der Waals surface area contributed by atoms with E-state index >= 15 is 0 Å². The van der Waals surface area contributed by atoms with Crippen molar-refractivity contribution in [3.8, 4) is 28.6 Å². The highest BCUT2D eigenvalue weighted by atomic mass is 35.5. The van der Waals surface area contributed by atoms with Crippen molar-refractivity contribution in [2.75, 3.05) is 25.6 Å². The van der Waals surface area contributed by atoms with Crippen LogP contribution in [-0.2, 0) is 4.79 Å². The van der Waals surface area contributed by atoms with Gasteiger partial charge in [-0.2, -0.15) is 9.36 Å². The van der Waals surface area contributed by atoms with Crippen molar-refractivity contribution in [1.29, 1.82) is 0 Å². The number of benzene rings is 2. The van der Waals surface area contributed by atoms with Crippen LogP contribution in [0.1, 0.15) is 13.3 Å². The maximum atomic E-state index is 12.1. The van der Waals surface area contributed by atoms with Gasteiger partial charge in [0.05, 0.1) is 13.7 Å². The minimum Gasteiger partial charge on any atom is -0.493 e. The molecule has 0 aliphatic heterocycles. The number of carbonyl (C=O) groups excluding carboxylic acids is 1. The predicted molar refractivity (Wildman–Crippen MR) is 113 cm³/mol. The molecular weight excluding hydrogens is 414 g/mol.